The van der Waals surface area contributed by atoms with Crippen molar-refractivity contribution in [3.8, 4) is 11.5 Å². The molecule has 0 unspecified atom stereocenters. The van der Waals surface area contributed by atoms with Gasteiger partial charge < -0.3 is 19.9 Å². The molecule has 0 bridgehead atoms. The fourth-order valence-electron chi connectivity index (χ4n) is 2.28. The Labute approximate surface area is 151 Å². The fourth-order valence-corrected chi connectivity index (χ4v) is 2.28. The van der Waals surface area contributed by atoms with Crippen LogP contribution in [0, 0.1) is 13.8 Å². The number of phenolic OH excluding ortho intramolecular Hbond substituents is 1. The van der Waals surface area contributed by atoms with Gasteiger partial charge in [0, 0.05) is 13.1 Å². The molecular formula is C18H21N3O5. The van der Waals surface area contributed by atoms with Gasteiger partial charge in [0.2, 0.25) is 0 Å². The maximum atomic E-state index is 11.9. The van der Waals surface area contributed by atoms with Gasteiger partial charge in [0.25, 0.3) is 5.91 Å². The van der Waals surface area contributed by atoms with E-state index in [0.29, 0.717) is 22.7 Å². The van der Waals surface area contributed by atoms with E-state index in [1.54, 1.807) is 30.8 Å². The van der Waals surface area contributed by atoms with E-state index in [1.165, 1.54) is 25.3 Å². The van der Waals surface area contributed by atoms with Crippen LogP contribution >= 0.6 is 0 Å². The second kappa shape index (κ2) is 8.19. The monoisotopic (exact) mass is 359 g/mol. The van der Waals surface area contributed by atoms with Crippen molar-refractivity contribution in [1.82, 2.24) is 9.78 Å². The lowest BCUT2D eigenvalue weighted by Crippen LogP contribution is -2.20. The van der Waals surface area contributed by atoms with Crippen molar-refractivity contribution in [2.75, 3.05) is 19.0 Å². The number of methoxy groups -OCH3 is 1. The number of nitrogens with zero attached hydrogens (tertiary/aromatic N) is 2. The highest BCUT2D eigenvalue weighted by Crippen LogP contribution is 2.26. The molecule has 138 valence electrons. The Hall–Kier alpha value is -3.29. The first-order valence-corrected chi connectivity index (χ1v) is 7.83. The average molecular weight is 359 g/mol. The molecule has 1 amide bonds. The zero-order valence-electron chi connectivity index (χ0n) is 15.1. The van der Waals surface area contributed by atoms with Crippen molar-refractivity contribution in [2.24, 2.45) is 7.05 Å². The van der Waals surface area contributed by atoms with E-state index in [-0.39, 0.29) is 5.75 Å². The summed E-state index contributed by atoms with van der Waals surface area (Å²) in [4.78, 5) is 23.7. The van der Waals surface area contributed by atoms with Gasteiger partial charge in [-0.3, -0.25) is 9.48 Å². The van der Waals surface area contributed by atoms with Crippen molar-refractivity contribution in [3.63, 3.8) is 0 Å². The summed E-state index contributed by atoms with van der Waals surface area (Å²) in [5.41, 5.74) is 2.75. The number of anilines is 1. The van der Waals surface area contributed by atoms with Crippen LogP contribution in [-0.2, 0) is 21.4 Å². The third-order valence-corrected chi connectivity index (χ3v) is 3.73. The molecule has 0 saturated heterocycles. The number of carbonyl (C=O) groups is 2. The average Bonchev–Trinajstić information content (AvgIpc) is 2.85. The molecule has 26 heavy (non-hydrogen) atoms. The Kier molecular flexibility index (Phi) is 6.00. The summed E-state index contributed by atoms with van der Waals surface area (Å²) in [5.74, 6) is -0.809. The van der Waals surface area contributed by atoms with Crippen LogP contribution in [0.15, 0.2) is 24.3 Å². The number of aromatic nitrogens is 2. The SMILES string of the molecule is COc1cc(/C=C/C(=O)OCC(=O)Nc2c(C)nn(C)c2C)ccc1O. The van der Waals surface area contributed by atoms with E-state index < -0.39 is 18.5 Å². The minimum Gasteiger partial charge on any atom is -0.504 e. The number of esters is 1. The number of ether oxygens (including phenoxy) is 2. The van der Waals surface area contributed by atoms with E-state index in [4.69, 9.17) is 9.47 Å². The molecule has 0 aliphatic carbocycles. The number of rotatable bonds is 6. The Morgan fingerprint density at radius 3 is 2.69 bits per heavy atom. The first kappa shape index (κ1) is 19.0. The summed E-state index contributed by atoms with van der Waals surface area (Å²) < 4.78 is 11.6. The lowest BCUT2D eigenvalue weighted by atomic mass is 10.2. The number of aryl methyl sites for hydroxylation is 2. The summed E-state index contributed by atoms with van der Waals surface area (Å²) in [6.45, 7) is 3.20. The van der Waals surface area contributed by atoms with Crippen LogP contribution in [0.5, 0.6) is 11.5 Å². The quantitative estimate of drug-likeness (QED) is 0.604. The lowest BCUT2D eigenvalue weighted by molar-refractivity contribution is -0.142. The van der Waals surface area contributed by atoms with E-state index in [2.05, 4.69) is 10.4 Å². The van der Waals surface area contributed by atoms with Crippen molar-refractivity contribution in [3.05, 3.63) is 41.2 Å². The van der Waals surface area contributed by atoms with Crippen LogP contribution in [0.25, 0.3) is 6.08 Å². The zero-order chi connectivity index (χ0) is 19.3. The predicted molar refractivity (Wildman–Crippen MR) is 96.0 cm³/mol. The van der Waals surface area contributed by atoms with Crippen LogP contribution in [-0.4, -0.2) is 40.5 Å². The minimum atomic E-state index is -0.660. The van der Waals surface area contributed by atoms with Crippen LogP contribution in [0.2, 0.25) is 0 Å². The minimum absolute atomic E-state index is 0.00452. The Morgan fingerprint density at radius 2 is 2.08 bits per heavy atom. The highest BCUT2D eigenvalue weighted by atomic mass is 16.5. The Balaban J connectivity index is 1.89. The van der Waals surface area contributed by atoms with Crippen LogP contribution in [0.4, 0.5) is 5.69 Å². The molecule has 0 aliphatic rings. The number of carbonyl (C=O) groups excluding carboxylic acids is 2. The highest BCUT2D eigenvalue weighted by Gasteiger charge is 2.13. The lowest BCUT2D eigenvalue weighted by Gasteiger charge is -2.06. The number of aromatic hydroxyl groups is 1. The van der Waals surface area contributed by atoms with Crippen LogP contribution < -0.4 is 10.1 Å². The molecular weight excluding hydrogens is 338 g/mol. The number of nitrogens with one attached hydrogen (secondary N) is 1. The molecule has 0 saturated carbocycles. The van der Waals surface area contributed by atoms with Crippen LogP contribution in [0.3, 0.4) is 0 Å². The molecule has 1 heterocycles. The van der Waals surface area contributed by atoms with Crippen molar-refractivity contribution in [1.29, 1.82) is 0 Å². The maximum Gasteiger partial charge on any atom is 0.331 e. The molecule has 8 heteroatoms. The first-order valence-electron chi connectivity index (χ1n) is 7.83. The number of phenols is 1. The van der Waals surface area contributed by atoms with Crippen LogP contribution in [0.1, 0.15) is 17.0 Å². The topological polar surface area (TPSA) is 103 Å². The molecule has 0 fully saturated rings. The molecule has 0 aliphatic heterocycles. The normalized spacial score (nSPS) is 10.8. The molecule has 1 aromatic heterocycles. The largest absolute Gasteiger partial charge is 0.504 e. The summed E-state index contributed by atoms with van der Waals surface area (Å²) in [6.07, 6.45) is 2.69. The molecule has 2 rings (SSSR count). The summed E-state index contributed by atoms with van der Waals surface area (Å²) in [7, 11) is 3.21. The van der Waals surface area contributed by atoms with Gasteiger partial charge in [-0.05, 0) is 37.6 Å². The zero-order valence-corrected chi connectivity index (χ0v) is 15.1. The molecule has 2 aromatic rings. The van der Waals surface area contributed by atoms with Gasteiger partial charge in [-0.2, -0.15) is 5.10 Å². The van der Waals surface area contributed by atoms with E-state index >= 15 is 0 Å². The fraction of sp³-hybridized carbons (Fsp3) is 0.278. The standard InChI is InChI=1S/C18H21N3O5/c1-11-18(12(2)21(3)20-11)19-16(23)10-26-17(24)8-6-13-5-7-14(22)15(9-13)25-4/h5-9,22H,10H2,1-4H3,(H,19,23)/b8-6+. The van der Waals surface area contributed by atoms with Crippen molar-refractivity contribution >= 4 is 23.6 Å². The van der Waals surface area contributed by atoms with E-state index in [1.807, 2.05) is 6.92 Å². The second-order valence-electron chi connectivity index (χ2n) is 5.59. The Bertz CT molecular complexity index is 855. The maximum absolute atomic E-state index is 11.9. The van der Waals surface area contributed by atoms with Gasteiger partial charge in [-0.15, -0.1) is 0 Å². The molecule has 0 spiro atoms. The van der Waals surface area contributed by atoms with Gasteiger partial charge in [-0.1, -0.05) is 6.07 Å². The van der Waals surface area contributed by atoms with Gasteiger partial charge in [0.15, 0.2) is 18.1 Å². The highest BCUT2D eigenvalue weighted by molar-refractivity contribution is 5.95. The Morgan fingerprint density at radius 1 is 1.35 bits per heavy atom. The number of hydrogen-bond acceptors (Lipinski definition) is 6. The van der Waals surface area contributed by atoms with Gasteiger partial charge in [-0.25, -0.2) is 4.79 Å². The number of benzene rings is 1. The molecule has 8 nitrogen and oxygen atoms in total. The summed E-state index contributed by atoms with van der Waals surface area (Å²) >= 11 is 0. The number of amides is 1. The van der Waals surface area contributed by atoms with Gasteiger partial charge >= 0.3 is 5.97 Å². The van der Waals surface area contributed by atoms with E-state index in [0.717, 1.165) is 5.69 Å². The second-order valence-corrected chi connectivity index (χ2v) is 5.59. The third-order valence-electron chi connectivity index (χ3n) is 3.73. The van der Waals surface area contributed by atoms with Gasteiger partial charge in [0.05, 0.1) is 24.2 Å². The van der Waals surface area contributed by atoms with E-state index in [9.17, 15) is 14.7 Å². The summed E-state index contributed by atoms with van der Waals surface area (Å²) in [5, 5.41) is 16.4. The number of hydrogen-bond donors (Lipinski definition) is 2. The first-order chi connectivity index (χ1) is 12.3. The van der Waals surface area contributed by atoms with Gasteiger partial charge in [0.1, 0.15) is 0 Å². The molecule has 0 atom stereocenters. The predicted octanol–water partition coefficient (Wildman–Crippen LogP) is 1.95. The van der Waals surface area contributed by atoms with Crippen molar-refractivity contribution in [2.45, 2.75) is 13.8 Å². The third kappa shape index (κ3) is 4.62. The van der Waals surface area contributed by atoms with Crippen molar-refractivity contribution < 1.29 is 24.2 Å². The smallest absolute Gasteiger partial charge is 0.331 e. The molecule has 1 aromatic carbocycles. The molecule has 0 radical (unpaired) electrons. The summed E-state index contributed by atoms with van der Waals surface area (Å²) in [6, 6.07) is 4.64. The molecule has 2 N–H and O–H groups in total.